The van der Waals surface area contributed by atoms with Crippen LogP contribution in [-0.4, -0.2) is 63.8 Å². The molecule has 1 atom stereocenters. The Morgan fingerprint density at radius 1 is 1.39 bits per heavy atom. The molecule has 1 unspecified atom stereocenters. The van der Waals surface area contributed by atoms with Crippen LogP contribution in [0.5, 0.6) is 0 Å². The number of methoxy groups -OCH3 is 1. The number of carbonyl (C=O) groups is 2. The van der Waals surface area contributed by atoms with Crippen molar-refractivity contribution in [3.05, 3.63) is 0 Å². The van der Waals surface area contributed by atoms with Gasteiger partial charge in [-0.2, -0.15) is 0 Å². The molecule has 0 radical (unpaired) electrons. The number of rotatable bonds is 6. The minimum Gasteiger partial charge on any atom is -0.382 e. The lowest BCUT2D eigenvalue weighted by Crippen LogP contribution is -2.46. The quantitative estimate of drug-likeness (QED) is 0.660. The first-order valence-electron chi connectivity index (χ1n) is 6.25. The second-order valence-electron chi connectivity index (χ2n) is 4.34. The average Bonchev–Trinajstić information content (AvgIpc) is 2.42. The molecule has 6 nitrogen and oxygen atoms in total. The first-order valence-corrected chi connectivity index (χ1v) is 6.25. The summed E-state index contributed by atoms with van der Waals surface area (Å²) in [5.41, 5.74) is 0. The molecule has 0 aromatic heterocycles. The van der Waals surface area contributed by atoms with Gasteiger partial charge in [0.15, 0.2) is 0 Å². The van der Waals surface area contributed by atoms with Gasteiger partial charge >= 0.3 is 0 Å². The van der Waals surface area contributed by atoms with Crippen molar-refractivity contribution in [1.29, 1.82) is 0 Å². The van der Waals surface area contributed by atoms with E-state index in [2.05, 4.69) is 5.32 Å². The lowest BCUT2D eigenvalue weighted by molar-refractivity contribution is -0.140. The van der Waals surface area contributed by atoms with Gasteiger partial charge < -0.3 is 19.7 Å². The summed E-state index contributed by atoms with van der Waals surface area (Å²) in [5.74, 6) is -0.140. The molecule has 1 aliphatic rings. The molecule has 6 heteroatoms. The monoisotopic (exact) mass is 258 g/mol. The fourth-order valence-electron chi connectivity index (χ4n) is 2.01. The molecule has 1 aliphatic heterocycles. The third-order valence-corrected chi connectivity index (χ3v) is 3.05. The van der Waals surface area contributed by atoms with E-state index in [1.807, 2.05) is 0 Å². The van der Waals surface area contributed by atoms with Crippen LogP contribution in [0.2, 0.25) is 0 Å². The van der Waals surface area contributed by atoms with E-state index < -0.39 is 0 Å². The molecule has 2 amide bonds. The Labute approximate surface area is 108 Å². The molecule has 104 valence electrons. The van der Waals surface area contributed by atoms with Gasteiger partial charge in [-0.15, -0.1) is 0 Å². The summed E-state index contributed by atoms with van der Waals surface area (Å²) in [6.07, 6.45) is 1.70. The number of ether oxygens (including phenoxy) is 2. The largest absolute Gasteiger partial charge is 0.382 e. The Bertz CT molecular complexity index is 283. The fourth-order valence-corrected chi connectivity index (χ4v) is 2.01. The summed E-state index contributed by atoms with van der Waals surface area (Å²) in [6.45, 7) is 2.15. The van der Waals surface area contributed by atoms with Crippen molar-refractivity contribution in [2.45, 2.75) is 12.8 Å². The van der Waals surface area contributed by atoms with E-state index in [0.29, 0.717) is 26.3 Å². The molecule has 0 aromatic carbocycles. The molecule has 1 heterocycles. The highest BCUT2D eigenvalue weighted by Gasteiger charge is 2.27. The molecule has 0 spiro atoms. The minimum absolute atomic E-state index is 0.00722. The molecule has 1 fully saturated rings. The zero-order chi connectivity index (χ0) is 13.4. The standard InChI is InChI=1S/C12H22N2O4/c1-13-12(16)10-4-3-5-14(8-10)11(15)9-18-7-6-17-2/h10H,3-9H2,1-2H3,(H,13,16). The zero-order valence-corrected chi connectivity index (χ0v) is 11.1. The number of hydrogen-bond donors (Lipinski definition) is 1. The van der Waals surface area contributed by atoms with Crippen molar-refractivity contribution in [3.8, 4) is 0 Å². The van der Waals surface area contributed by atoms with E-state index in [1.165, 1.54) is 0 Å². The second-order valence-corrected chi connectivity index (χ2v) is 4.34. The van der Waals surface area contributed by atoms with Gasteiger partial charge in [0.05, 0.1) is 19.1 Å². The highest BCUT2D eigenvalue weighted by Crippen LogP contribution is 2.16. The first-order chi connectivity index (χ1) is 8.69. The number of hydrogen-bond acceptors (Lipinski definition) is 4. The van der Waals surface area contributed by atoms with Gasteiger partial charge in [0.2, 0.25) is 11.8 Å². The number of nitrogens with one attached hydrogen (secondary N) is 1. The molecule has 0 aliphatic carbocycles. The van der Waals surface area contributed by atoms with E-state index in [-0.39, 0.29) is 24.3 Å². The smallest absolute Gasteiger partial charge is 0.248 e. The summed E-state index contributed by atoms with van der Waals surface area (Å²) in [7, 11) is 3.21. The van der Waals surface area contributed by atoms with Gasteiger partial charge in [-0.1, -0.05) is 0 Å². The molecule has 0 bridgehead atoms. The predicted molar refractivity (Wildman–Crippen MR) is 66.1 cm³/mol. The van der Waals surface area contributed by atoms with E-state index in [9.17, 15) is 9.59 Å². The molecule has 1 rings (SSSR count). The highest BCUT2D eigenvalue weighted by molar-refractivity contribution is 5.81. The van der Waals surface area contributed by atoms with Gasteiger partial charge in [0.1, 0.15) is 6.61 Å². The van der Waals surface area contributed by atoms with Crippen molar-refractivity contribution in [2.24, 2.45) is 5.92 Å². The maximum atomic E-state index is 11.8. The molecular weight excluding hydrogens is 236 g/mol. The molecule has 0 saturated carbocycles. The molecule has 18 heavy (non-hydrogen) atoms. The van der Waals surface area contributed by atoms with Crippen molar-refractivity contribution in [1.82, 2.24) is 10.2 Å². The maximum absolute atomic E-state index is 11.8. The van der Waals surface area contributed by atoms with Crippen LogP contribution in [0.3, 0.4) is 0 Å². The molecule has 1 N–H and O–H groups in total. The van der Waals surface area contributed by atoms with Crippen molar-refractivity contribution in [3.63, 3.8) is 0 Å². The van der Waals surface area contributed by atoms with Crippen LogP contribution in [0, 0.1) is 5.92 Å². The number of piperidine rings is 1. The lowest BCUT2D eigenvalue weighted by Gasteiger charge is -2.31. The van der Waals surface area contributed by atoms with Crippen molar-refractivity contribution < 1.29 is 19.1 Å². The van der Waals surface area contributed by atoms with Crippen LogP contribution in [0.15, 0.2) is 0 Å². The molecule has 1 saturated heterocycles. The predicted octanol–water partition coefficient (Wildman–Crippen LogP) is -0.366. The van der Waals surface area contributed by atoms with Crippen LogP contribution in [0.1, 0.15) is 12.8 Å². The topological polar surface area (TPSA) is 67.9 Å². The number of carbonyl (C=O) groups excluding carboxylic acids is 2. The van der Waals surface area contributed by atoms with E-state index in [4.69, 9.17) is 9.47 Å². The van der Waals surface area contributed by atoms with Crippen molar-refractivity contribution in [2.75, 3.05) is 47.1 Å². The van der Waals surface area contributed by atoms with Gasteiger partial charge in [-0.3, -0.25) is 9.59 Å². The zero-order valence-electron chi connectivity index (χ0n) is 11.1. The van der Waals surface area contributed by atoms with Gasteiger partial charge in [-0.25, -0.2) is 0 Å². The van der Waals surface area contributed by atoms with E-state index >= 15 is 0 Å². The summed E-state index contributed by atoms with van der Waals surface area (Å²) in [6, 6.07) is 0. The van der Waals surface area contributed by atoms with E-state index in [1.54, 1.807) is 19.1 Å². The van der Waals surface area contributed by atoms with Gasteiger partial charge in [0, 0.05) is 27.2 Å². The Morgan fingerprint density at radius 2 is 2.17 bits per heavy atom. The third kappa shape index (κ3) is 4.62. The maximum Gasteiger partial charge on any atom is 0.248 e. The highest BCUT2D eigenvalue weighted by atomic mass is 16.5. The summed E-state index contributed by atoms with van der Waals surface area (Å²) >= 11 is 0. The first kappa shape index (κ1) is 14.9. The summed E-state index contributed by atoms with van der Waals surface area (Å²) in [5, 5.41) is 2.63. The van der Waals surface area contributed by atoms with Gasteiger partial charge in [0.25, 0.3) is 0 Å². The Kier molecular flexibility index (Phi) is 6.67. The fraction of sp³-hybridized carbons (Fsp3) is 0.833. The van der Waals surface area contributed by atoms with Crippen molar-refractivity contribution >= 4 is 11.8 Å². The number of amides is 2. The third-order valence-electron chi connectivity index (χ3n) is 3.05. The number of likely N-dealkylation sites (tertiary alicyclic amines) is 1. The number of nitrogens with zero attached hydrogens (tertiary/aromatic N) is 1. The summed E-state index contributed by atoms with van der Waals surface area (Å²) in [4.78, 5) is 25.1. The lowest BCUT2D eigenvalue weighted by atomic mass is 9.97. The van der Waals surface area contributed by atoms with Crippen LogP contribution in [0.4, 0.5) is 0 Å². The van der Waals surface area contributed by atoms with Crippen LogP contribution in [0.25, 0.3) is 0 Å². The van der Waals surface area contributed by atoms with E-state index in [0.717, 1.165) is 12.8 Å². The molecular formula is C12H22N2O4. The molecule has 0 aromatic rings. The Balaban J connectivity index is 2.31. The average molecular weight is 258 g/mol. The normalized spacial score (nSPS) is 19.7. The van der Waals surface area contributed by atoms with Crippen LogP contribution < -0.4 is 5.32 Å². The van der Waals surface area contributed by atoms with Gasteiger partial charge in [-0.05, 0) is 12.8 Å². The Hall–Kier alpha value is -1.14. The second kappa shape index (κ2) is 8.05. The SMILES string of the molecule is CNC(=O)C1CCCN(C(=O)COCCOC)C1. The summed E-state index contributed by atoms with van der Waals surface area (Å²) < 4.78 is 10.0. The van der Waals surface area contributed by atoms with Crippen LogP contribution in [-0.2, 0) is 19.1 Å². The van der Waals surface area contributed by atoms with Crippen LogP contribution >= 0.6 is 0 Å². The minimum atomic E-state index is -0.0910. The Morgan fingerprint density at radius 3 is 2.83 bits per heavy atom.